The van der Waals surface area contributed by atoms with Crippen LogP contribution in [0.25, 0.3) is 0 Å². The van der Waals surface area contributed by atoms with Crippen molar-refractivity contribution < 1.29 is 4.74 Å². The van der Waals surface area contributed by atoms with Gasteiger partial charge in [-0.1, -0.05) is 0 Å². The number of piperidine rings is 1. The molecule has 94 valence electrons. The zero-order valence-corrected chi connectivity index (χ0v) is 10.3. The van der Waals surface area contributed by atoms with Gasteiger partial charge in [0, 0.05) is 19.1 Å². The maximum Gasteiger partial charge on any atom is 0.0714 e. The normalized spacial score (nSPS) is 31.5. The maximum atomic E-state index is 6.30. The van der Waals surface area contributed by atoms with Gasteiger partial charge in [-0.25, -0.2) is 0 Å². The molecule has 2 aliphatic rings. The minimum atomic E-state index is 0.318. The van der Waals surface area contributed by atoms with Gasteiger partial charge in [0.2, 0.25) is 0 Å². The first-order valence-corrected chi connectivity index (χ1v) is 6.52. The van der Waals surface area contributed by atoms with Crippen molar-refractivity contribution in [1.29, 1.82) is 0 Å². The second-order valence-corrected chi connectivity index (χ2v) is 5.24. The van der Waals surface area contributed by atoms with Crippen molar-refractivity contribution in [2.45, 2.75) is 31.4 Å². The highest BCUT2D eigenvalue weighted by molar-refractivity contribution is 4.82. The van der Waals surface area contributed by atoms with Crippen LogP contribution in [-0.2, 0) is 4.74 Å². The molecule has 2 fully saturated rings. The Morgan fingerprint density at radius 3 is 2.81 bits per heavy atom. The number of hydrogen-bond acceptors (Lipinski definition) is 4. The summed E-state index contributed by atoms with van der Waals surface area (Å²) in [5.41, 5.74) is 6.30. The lowest BCUT2D eigenvalue weighted by atomic mass is 9.87. The van der Waals surface area contributed by atoms with Gasteiger partial charge >= 0.3 is 0 Å². The second-order valence-electron chi connectivity index (χ2n) is 5.24. The summed E-state index contributed by atoms with van der Waals surface area (Å²) in [6.45, 7) is 5.19. The molecular weight excluding hydrogens is 202 g/mol. The van der Waals surface area contributed by atoms with Gasteiger partial charge in [0.25, 0.3) is 0 Å². The molecular formula is C12H25N3O. The first kappa shape index (κ1) is 12.3. The topological polar surface area (TPSA) is 50.5 Å². The predicted octanol–water partition coefficient (Wildman–Crippen LogP) is 0.0340. The zero-order valence-electron chi connectivity index (χ0n) is 10.3. The molecule has 0 radical (unpaired) electrons. The lowest BCUT2D eigenvalue weighted by Gasteiger charge is -2.34. The Balaban J connectivity index is 1.72. The largest absolute Gasteiger partial charge is 0.376 e. The summed E-state index contributed by atoms with van der Waals surface area (Å²) in [5, 5.41) is 3.36. The Bertz CT molecular complexity index is 198. The molecule has 0 aromatic rings. The van der Waals surface area contributed by atoms with E-state index in [-0.39, 0.29) is 0 Å². The third-order valence-electron chi connectivity index (χ3n) is 3.91. The molecule has 0 aromatic heterocycles. The summed E-state index contributed by atoms with van der Waals surface area (Å²) in [6.07, 6.45) is 3.85. The smallest absolute Gasteiger partial charge is 0.0714 e. The molecule has 0 aromatic carbocycles. The number of nitrogens with two attached hydrogens (primary N) is 1. The quantitative estimate of drug-likeness (QED) is 0.714. The van der Waals surface area contributed by atoms with E-state index in [1.54, 1.807) is 0 Å². The van der Waals surface area contributed by atoms with Gasteiger partial charge in [0.15, 0.2) is 0 Å². The summed E-state index contributed by atoms with van der Waals surface area (Å²) >= 11 is 0. The van der Waals surface area contributed by atoms with Crippen LogP contribution in [0.15, 0.2) is 0 Å². The van der Waals surface area contributed by atoms with E-state index in [9.17, 15) is 0 Å². The van der Waals surface area contributed by atoms with Crippen LogP contribution in [-0.4, -0.2) is 56.9 Å². The van der Waals surface area contributed by atoms with E-state index >= 15 is 0 Å². The van der Waals surface area contributed by atoms with Crippen molar-refractivity contribution in [2.24, 2.45) is 11.7 Å². The molecule has 0 spiro atoms. The lowest BCUT2D eigenvalue weighted by molar-refractivity contribution is 0.0136. The summed E-state index contributed by atoms with van der Waals surface area (Å²) in [6, 6.07) is 0.318. The number of morpholine rings is 1. The van der Waals surface area contributed by atoms with E-state index < -0.39 is 0 Å². The fourth-order valence-corrected chi connectivity index (χ4v) is 2.72. The van der Waals surface area contributed by atoms with Crippen molar-refractivity contribution in [3.8, 4) is 0 Å². The van der Waals surface area contributed by atoms with Crippen molar-refractivity contribution in [2.75, 3.05) is 39.8 Å². The first-order valence-electron chi connectivity index (χ1n) is 6.52. The summed E-state index contributed by atoms with van der Waals surface area (Å²) in [7, 11) is 2.19. The Hall–Kier alpha value is -0.160. The predicted molar refractivity (Wildman–Crippen MR) is 65.4 cm³/mol. The molecule has 0 amide bonds. The van der Waals surface area contributed by atoms with Crippen molar-refractivity contribution in [1.82, 2.24) is 10.2 Å². The van der Waals surface area contributed by atoms with E-state index in [4.69, 9.17) is 10.5 Å². The summed E-state index contributed by atoms with van der Waals surface area (Å²) in [5.74, 6) is 0.696. The highest BCUT2D eigenvalue weighted by Crippen LogP contribution is 2.22. The number of nitrogens with zero attached hydrogens (tertiary/aromatic N) is 1. The van der Waals surface area contributed by atoms with Crippen LogP contribution < -0.4 is 11.1 Å². The Kier molecular flexibility index (Phi) is 4.58. The fourth-order valence-electron chi connectivity index (χ4n) is 2.72. The third-order valence-corrected chi connectivity index (χ3v) is 3.91. The molecule has 2 rings (SSSR count). The number of nitrogens with one attached hydrogen (secondary N) is 1. The van der Waals surface area contributed by atoms with E-state index in [0.29, 0.717) is 18.1 Å². The number of ether oxygens (including phenoxy) is 1. The van der Waals surface area contributed by atoms with Crippen LogP contribution in [0.5, 0.6) is 0 Å². The molecule has 16 heavy (non-hydrogen) atoms. The molecule has 2 atom stereocenters. The molecule has 2 heterocycles. The van der Waals surface area contributed by atoms with Gasteiger partial charge in [0.1, 0.15) is 0 Å². The molecule has 0 bridgehead atoms. The molecule has 3 N–H and O–H groups in total. The van der Waals surface area contributed by atoms with Crippen molar-refractivity contribution in [3.63, 3.8) is 0 Å². The van der Waals surface area contributed by atoms with Crippen molar-refractivity contribution in [3.05, 3.63) is 0 Å². The van der Waals surface area contributed by atoms with Crippen molar-refractivity contribution >= 4 is 0 Å². The fraction of sp³-hybridized carbons (Fsp3) is 1.00. The average Bonchev–Trinajstić information content (AvgIpc) is 2.31. The highest BCUT2D eigenvalue weighted by Gasteiger charge is 2.26. The molecule has 2 unspecified atom stereocenters. The second kappa shape index (κ2) is 5.96. The minimum Gasteiger partial charge on any atom is -0.376 e. The van der Waals surface area contributed by atoms with Crippen LogP contribution in [0.2, 0.25) is 0 Å². The lowest BCUT2D eigenvalue weighted by Crippen LogP contribution is -2.45. The monoisotopic (exact) mass is 227 g/mol. The molecule has 4 nitrogen and oxygen atoms in total. The zero-order chi connectivity index (χ0) is 11.4. The molecule has 2 saturated heterocycles. The van der Waals surface area contributed by atoms with Gasteiger partial charge in [-0.2, -0.15) is 0 Å². The molecule has 0 aliphatic carbocycles. The summed E-state index contributed by atoms with van der Waals surface area (Å²) in [4.78, 5) is 2.39. The van der Waals surface area contributed by atoms with Crippen LogP contribution in [0.4, 0.5) is 0 Å². The molecule has 2 aliphatic heterocycles. The van der Waals surface area contributed by atoms with E-state index in [0.717, 1.165) is 26.1 Å². The molecule has 4 heteroatoms. The average molecular weight is 227 g/mol. The number of hydrogen-bond donors (Lipinski definition) is 2. The Labute approximate surface area is 98.5 Å². The van der Waals surface area contributed by atoms with Gasteiger partial charge in [0.05, 0.1) is 12.7 Å². The van der Waals surface area contributed by atoms with E-state index in [1.165, 1.54) is 25.9 Å². The Morgan fingerprint density at radius 1 is 1.44 bits per heavy atom. The van der Waals surface area contributed by atoms with Crippen LogP contribution in [0.3, 0.4) is 0 Å². The SMILES string of the molecule is CN1CCC(C(N)CC2CNCCO2)CC1. The third kappa shape index (κ3) is 3.42. The van der Waals surface area contributed by atoms with Gasteiger partial charge < -0.3 is 20.7 Å². The highest BCUT2D eigenvalue weighted by atomic mass is 16.5. The van der Waals surface area contributed by atoms with E-state index in [2.05, 4.69) is 17.3 Å². The van der Waals surface area contributed by atoms with Gasteiger partial charge in [-0.15, -0.1) is 0 Å². The minimum absolute atomic E-state index is 0.318. The van der Waals surface area contributed by atoms with Gasteiger partial charge in [-0.05, 0) is 45.3 Å². The standard InChI is InChI=1S/C12H25N3O/c1-15-5-2-10(3-6-15)12(13)8-11-9-14-4-7-16-11/h10-12,14H,2-9,13H2,1H3. The van der Waals surface area contributed by atoms with Crippen LogP contribution in [0.1, 0.15) is 19.3 Å². The van der Waals surface area contributed by atoms with E-state index in [1.807, 2.05) is 0 Å². The summed E-state index contributed by atoms with van der Waals surface area (Å²) < 4.78 is 5.71. The molecule has 0 saturated carbocycles. The van der Waals surface area contributed by atoms with Crippen LogP contribution in [0, 0.1) is 5.92 Å². The van der Waals surface area contributed by atoms with Crippen LogP contribution >= 0.6 is 0 Å². The Morgan fingerprint density at radius 2 is 2.19 bits per heavy atom. The number of likely N-dealkylation sites (tertiary alicyclic amines) is 1. The first-order chi connectivity index (χ1) is 7.75. The number of rotatable bonds is 3. The maximum absolute atomic E-state index is 6.30. The van der Waals surface area contributed by atoms with Gasteiger partial charge in [-0.3, -0.25) is 0 Å².